The molecule has 1 aromatic carbocycles. The molecule has 0 radical (unpaired) electrons. The number of halogens is 1. The lowest BCUT2D eigenvalue weighted by Gasteiger charge is -2.12. The van der Waals surface area contributed by atoms with Crippen LogP contribution in [0.5, 0.6) is 0 Å². The van der Waals surface area contributed by atoms with E-state index < -0.39 is 17.1 Å². The average molecular weight is 232 g/mol. The van der Waals surface area contributed by atoms with Crippen molar-refractivity contribution >= 4 is 11.5 Å². The van der Waals surface area contributed by atoms with Crippen LogP contribution < -0.4 is 0 Å². The van der Waals surface area contributed by atoms with Crippen molar-refractivity contribution in [1.82, 2.24) is 0 Å². The van der Waals surface area contributed by atoms with E-state index in [0.717, 1.165) is 0 Å². The number of rotatable bonds is 2. The van der Waals surface area contributed by atoms with E-state index in [1.54, 1.807) is 26.8 Å². The predicted octanol–water partition coefficient (Wildman–Crippen LogP) is 2.77. The van der Waals surface area contributed by atoms with E-state index in [1.165, 1.54) is 24.3 Å². The van der Waals surface area contributed by atoms with Gasteiger partial charge in [0.1, 0.15) is 11.9 Å². The zero-order chi connectivity index (χ0) is 13.1. The van der Waals surface area contributed by atoms with Gasteiger partial charge >= 0.3 is 0 Å². The molecule has 0 atom stereocenters. The Morgan fingerprint density at radius 1 is 1.29 bits per heavy atom. The molecule has 0 bridgehead atoms. The Morgan fingerprint density at radius 2 is 1.82 bits per heavy atom. The fourth-order valence-electron chi connectivity index (χ4n) is 1.20. The normalized spacial score (nSPS) is 12.1. The summed E-state index contributed by atoms with van der Waals surface area (Å²) in [6, 6.07) is 6.82. The minimum Gasteiger partial charge on any atom is -0.286 e. The summed E-state index contributed by atoms with van der Waals surface area (Å²) < 4.78 is 12.7. The summed E-state index contributed by atoms with van der Waals surface area (Å²) in [5.74, 6) is -0.907. The van der Waals surface area contributed by atoms with Crippen molar-refractivity contribution in [1.29, 1.82) is 5.26 Å². The first kappa shape index (κ1) is 13.0. The van der Waals surface area contributed by atoms with E-state index in [4.69, 9.17) is 5.26 Å². The minimum atomic E-state index is -0.499. The van der Waals surface area contributed by atoms with Crippen LogP contribution in [-0.4, -0.2) is 17.0 Å². The van der Waals surface area contributed by atoms with Crippen molar-refractivity contribution in [2.75, 3.05) is 0 Å². The number of carbonyl (C=O) groups is 1. The van der Waals surface area contributed by atoms with E-state index in [2.05, 4.69) is 4.99 Å². The number of aliphatic imine (C=N–C) groups is 1. The molecule has 0 unspecified atom stereocenters. The second kappa shape index (κ2) is 4.88. The fraction of sp³-hybridized carbons (Fsp3) is 0.308. The summed E-state index contributed by atoms with van der Waals surface area (Å²) in [5, 5.41) is 8.90. The highest BCUT2D eigenvalue weighted by molar-refractivity contribution is 6.51. The highest BCUT2D eigenvalue weighted by Gasteiger charge is 2.17. The molecular formula is C13H13FN2O. The summed E-state index contributed by atoms with van der Waals surface area (Å²) in [6.45, 7) is 5.38. The van der Waals surface area contributed by atoms with Gasteiger partial charge in [0.25, 0.3) is 0 Å². The van der Waals surface area contributed by atoms with Gasteiger partial charge in [0.2, 0.25) is 5.78 Å². The molecule has 1 rings (SSSR count). The Morgan fingerprint density at radius 3 is 2.24 bits per heavy atom. The molecule has 0 N–H and O–H groups in total. The summed E-state index contributed by atoms with van der Waals surface area (Å²) in [6.07, 6.45) is 0. The maximum absolute atomic E-state index is 12.7. The summed E-state index contributed by atoms with van der Waals surface area (Å²) >= 11 is 0. The van der Waals surface area contributed by atoms with Crippen molar-refractivity contribution in [3.05, 3.63) is 35.6 Å². The highest BCUT2D eigenvalue weighted by Crippen LogP contribution is 2.10. The lowest BCUT2D eigenvalue weighted by Crippen LogP contribution is -2.19. The van der Waals surface area contributed by atoms with Gasteiger partial charge in [-0.1, -0.05) is 0 Å². The molecule has 0 spiro atoms. The summed E-state index contributed by atoms with van der Waals surface area (Å²) in [4.78, 5) is 15.9. The second-order valence-corrected chi connectivity index (χ2v) is 4.58. The smallest absolute Gasteiger partial charge is 0.221 e. The average Bonchev–Trinajstić information content (AvgIpc) is 2.25. The number of nitrogens with zero attached hydrogens (tertiary/aromatic N) is 2. The van der Waals surface area contributed by atoms with Crippen LogP contribution in [0.25, 0.3) is 0 Å². The van der Waals surface area contributed by atoms with Gasteiger partial charge in [-0.2, -0.15) is 5.26 Å². The molecular weight excluding hydrogens is 219 g/mol. The molecule has 0 saturated carbocycles. The van der Waals surface area contributed by atoms with E-state index >= 15 is 0 Å². The lowest BCUT2D eigenvalue weighted by molar-refractivity contribution is 0.106. The van der Waals surface area contributed by atoms with E-state index in [1.807, 2.05) is 0 Å². The minimum absolute atomic E-state index is 0.163. The first-order valence-electron chi connectivity index (χ1n) is 5.14. The van der Waals surface area contributed by atoms with Crippen LogP contribution in [-0.2, 0) is 0 Å². The molecule has 88 valence electrons. The van der Waals surface area contributed by atoms with Gasteiger partial charge in [0.15, 0.2) is 5.71 Å². The first-order chi connectivity index (χ1) is 7.83. The number of hydrogen-bond donors (Lipinski definition) is 0. The number of Topliss-reactive ketones (excluding diaryl/α,β-unsaturated/α-hetero) is 1. The van der Waals surface area contributed by atoms with E-state index in [9.17, 15) is 9.18 Å². The van der Waals surface area contributed by atoms with Crippen molar-refractivity contribution in [2.24, 2.45) is 4.99 Å². The molecule has 0 aliphatic rings. The molecule has 0 aliphatic heterocycles. The maximum Gasteiger partial charge on any atom is 0.221 e. The SMILES string of the molecule is CC(C)(C)/N=C(\C#N)C(=O)c1ccc(F)cc1. The van der Waals surface area contributed by atoms with Gasteiger partial charge in [-0.25, -0.2) is 4.39 Å². The van der Waals surface area contributed by atoms with Crippen LogP contribution >= 0.6 is 0 Å². The Kier molecular flexibility index (Phi) is 3.74. The largest absolute Gasteiger partial charge is 0.286 e. The lowest BCUT2D eigenvalue weighted by atomic mass is 10.1. The van der Waals surface area contributed by atoms with Crippen LogP contribution in [0.1, 0.15) is 31.1 Å². The summed E-state index contributed by atoms with van der Waals surface area (Å²) in [5.41, 5.74) is -0.402. The second-order valence-electron chi connectivity index (χ2n) is 4.58. The third-order valence-corrected chi connectivity index (χ3v) is 1.87. The zero-order valence-electron chi connectivity index (χ0n) is 9.99. The molecule has 4 heteroatoms. The topological polar surface area (TPSA) is 53.2 Å². The van der Waals surface area contributed by atoms with Gasteiger partial charge in [-0.05, 0) is 45.0 Å². The predicted molar refractivity (Wildman–Crippen MR) is 63.5 cm³/mol. The van der Waals surface area contributed by atoms with Crippen molar-refractivity contribution in [3.63, 3.8) is 0 Å². The first-order valence-corrected chi connectivity index (χ1v) is 5.14. The van der Waals surface area contributed by atoms with Crippen LogP contribution in [0.15, 0.2) is 29.3 Å². The Labute approximate surface area is 99.6 Å². The molecule has 0 saturated heterocycles. The fourth-order valence-corrected chi connectivity index (χ4v) is 1.20. The maximum atomic E-state index is 12.7. The molecule has 17 heavy (non-hydrogen) atoms. The van der Waals surface area contributed by atoms with Crippen LogP contribution in [0.2, 0.25) is 0 Å². The van der Waals surface area contributed by atoms with E-state index in [-0.39, 0.29) is 11.3 Å². The summed E-state index contributed by atoms with van der Waals surface area (Å²) in [7, 11) is 0. The van der Waals surface area contributed by atoms with Crippen molar-refractivity contribution in [3.8, 4) is 6.07 Å². The molecule has 0 heterocycles. The van der Waals surface area contributed by atoms with E-state index in [0.29, 0.717) is 0 Å². The molecule has 0 fully saturated rings. The third kappa shape index (κ3) is 3.80. The van der Waals surface area contributed by atoms with Crippen LogP contribution in [0, 0.1) is 17.1 Å². The highest BCUT2D eigenvalue weighted by atomic mass is 19.1. The Bertz CT molecular complexity index is 490. The Hall–Kier alpha value is -2.02. The molecule has 0 aliphatic carbocycles. The standard InChI is InChI=1S/C13H13FN2O/c1-13(2,3)16-11(8-15)12(17)9-4-6-10(14)7-5-9/h4-7H,1-3H3/b16-11+. The quantitative estimate of drug-likeness (QED) is 0.581. The molecule has 0 aromatic heterocycles. The third-order valence-electron chi connectivity index (χ3n) is 1.87. The van der Waals surface area contributed by atoms with Gasteiger partial charge < -0.3 is 0 Å². The Balaban J connectivity index is 3.08. The van der Waals surface area contributed by atoms with Crippen molar-refractivity contribution < 1.29 is 9.18 Å². The number of benzene rings is 1. The molecule has 1 aromatic rings. The number of ketones is 1. The number of carbonyl (C=O) groups excluding carboxylic acids is 1. The van der Waals surface area contributed by atoms with Crippen LogP contribution in [0.4, 0.5) is 4.39 Å². The molecule has 3 nitrogen and oxygen atoms in total. The molecule has 0 amide bonds. The zero-order valence-corrected chi connectivity index (χ0v) is 9.99. The van der Waals surface area contributed by atoms with Gasteiger partial charge in [0, 0.05) is 5.56 Å². The van der Waals surface area contributed by atoms with Gasteiger partial charge in [-0.15, -0.1) is 0 Å². The van der Waals surface area contributed by atoms with Crippen molar-refractivity contribution in [2.45, 2.75) is 26.3 Å². The number of nitriles is 1. The van der Waals surface area contributed by atoms with Gasteiger partial charge in [0.05, 0.1) is 5.54 Å². The number of hydrogen-bond acceptors (Lipinski definition) is 3. The monoisotopic (exact) mass is 232 g/mol. The van der Waals surface area contributed by atoms with Gasteiger partial charge in [-0.3, -0.25) is 9.79 Å². The van der Waals surface area contributed by atoms with Crippen LogP contribution in [0.3, 0.4) is 0 Å².